The van der Waals surface area contributed by atoms with Crippen LogP contribution < -0.4 is 5.56 Å². The van der Waals surface area contributed by atoms with Crippen molar-refractivity contribution in [1.82, 2.24) is 9.97 Å². The van der Waals surface area contributed by atoms with E-state index in [-0.39, 0.29) is 10.4 Å². The van der Waals surface area contributed by atoms with Gasteiger partial charge in [-0.05, 0) is 27.1 Å². The fourth-order valence-corrected chi connectivity index (χ4v) is 2.22. The molecule has 0 aliphatic heterocycles. The van der Waals surface area contributed by atoms with E-state index in [1.54, 1.807) is 0 Å². The molecule has 0 radical (unpaired) electrons. The Bertz CT molecular complexity index is 827. The van der Waals surface area contributed by atoms with Gasteiger partial charge < -0.3 is 10.1 Å². The summed E-state index contributed by atoms with van der Waals surface area (Å²) >= 11 is 2.97. The van der Waals surface area contributed by atoms with E-state index >= 15 is 0 Å². The smallest absolute Gasteiger partial charge is 0.269 e. The lowest BCUT2D eigenvalue weighted by molar-refractivity contribution is 0.448. The van der Waals surface area contributed by atoms with Crippen molar-refractivity contribution in [2.75, 3.05) is 0 Å². The van der Waals surface area contributed by atoms with Crippen molar-refractivity contribution in [3.05, 3.63) is 69.4 Å². The molecule has 0 atom stereocenters. The summed E-state index contributed by atoms with van der Waals surface area (Å²) in [6.45, 7) is 0. The molecule has 0 spiro atoms. The van der Waals surface area contributed by atoms with Crippen LogP contribution in [0.1, 0.15) is 0 Å². The molecule has 4 nitrogen and oxygen atoms in total. The third-order valence-electron chi connectivity index (χ3n) is 3.11. The highest BCUT2D eigenvalue weighted by Crippen LogP contribution is 2.24. The predicted octanol–water partition coefficient (Wildman–Crippen LogP) is 3.57. The molecule has 0 amide bonds. The first-order valence-corrected chi connectivity index (χ1v) is 7.09. The largest absolute Gasteiger partial charge is 0.492 e. The summed E-state index contributed by atoms with van der Waals surface area (Å²) in [6, 6.07) is 17.6. The quantitative estimate of drug-likeness (QED) is 0.748. The van der Waals surface area contributed by atoms with E-state index < -0.39 is 5.56 Å². The number of H-pyrrole nitrogens is 1. The molecule has 0 saturated carbocycles. The van der Waals surface area contributed by atoms with Gasteiger partial charge in [0.15, 0.2) is 0 Å². The average Bonchev–Trinajstić information content (AvgIpc) is 2.53. The second-order valence-corrected chi connectivity index (χ2v) is 5.29. The number of nitrogens with zero attached hydrogens (tertiary/aromatic N) is 1. The van der Waals surface area contributed by atoms with Crippen molar-refractivity contribution in [1.29, 1.82) is 0 Å². The fourth-order valence-electron chi connectivity index (χ4n) is 2.03. The molecular weight excluding hydrogens is 332 g/mol. The Morgan fingerprint density at radius 1 is 0.905 bits per heavy atom. The molecule has 21 heavy (non-hydrogen) atoms. The minimum Gasteiger partial charge on any atom is -0.492 e. The van der Waals surface area contributed by atoms with Crippen LogP contribution in [0.2, 0.25) is 0 Å². The summed E-state index contributed by atoms with van der Waals surface area (Å²) in [4.78, 5) is 18.2. The molecule has 5 heteroatoms. The van der Waals surface area contributed by atoms with Gasteiger partial charge in [0.2, 0.25) is 5.88 Å². The summed E-state index contributed by atoms with van der Waals surface area (Å²) in [7, 11) is 0. The zero-order valence-electron chi connectivity index (χ0n) is 10.9. The summed E-state index contributed by atoms with van der Waals surface area (Å²) in [5.41, 5.74) is 2.51. The number of hydrogen-bond donors (Lipinski definition) is 2. The first-order valence-electron chi connectivity index (χ1n) is 6.30. The molecule has 2 N–H and O–H groups in total. The molecule has 3 rings (SSSR count). The van der Waals surface area contributed by atoms with Gasteiger partial charge in [-0.15, -0.1) is 0 Å². The Balaban J connectivity index is 2.00. The zero-order valence-corrected chi connectivity index (χ0v) is 12.5. The molecule has 0 fully saturated rings. The predicted molar refractivity (Wildman–Crippen MR) is 85.1 cm³/mol. The van der Waals surface area contributed by atoms with Gasteiger partial charge in [0.25, 0.3) is 5.56 Å². The standard InChI is InChI=1S/C16H11BrN2O2/c17-13-15(20)18-14(19-16(13)21)12-8-6-11(7-9-12)10-4-2-1-3-5-10/h1-9H,(H2,18,19,20,21). The van der Waals surface area contributed by atoms with Crippen LogP contribution in [0, 0.1) is 0 Å². The summed E-state index contributed by atoms with van der Waals surface area (Å²) in [5.74, 6) is 0.0150. The highest BCUT2D eigenvalue weighted by Gasteiger charge is 2.09. The molecule has 104 valence electrons. The van der Waals surface area contributed by atoms with Crippen LogP contribution in [0.3, 0.4) is 0 Å². The van der Waals surface area contributed by atoms with Crippen LogP contribution in [0.15, 0.2) is 63.9 Å². The molecule has 0 saturated heterocycles. The minimum absolute atomic E-state index is 0.0344. The van der Waals surface area contributed by atoms with Crippen LogP contribution in [-0.2, 0) is 0 Å². The molecule has 3 aromatic rings. The zero-order chi connectivity index (χ0) is 14.8. The number of nitrogens with one attached hydrogen (secondary N) is 1. The van der Waals surface area contributed by atoms with Crippen LogP contribution in [-0.4, -0.2) is 15.1 Å². The lowest BCUT2D eigenvalue weighted by atomic mass is 10.0. The summed E-state index contributed by atoms with van der Waals surface area (Å²) < 4.78 is 0.0344. The van der Waals surface area contributed by atoms with Crippen LogP contribution in [0.4, 0.5) is 0 Å². The lowest BCUT2D eigenvalue weighted by Gasteiger charge is -2.05. The topological polar surface area (TPSA) is 66.0 Å². The van der Waals surface area contributed by atoms with Crippen LogP contribution >= 0.6 is 15.9 Å². The van der Waals surface area contributed by atoms with Crippen molar-refractivity contribution >= 4 is 15.9 Å². The molecule has 0 aliphatic carbocycles. The number of aromatic amines is 1. The molecule has 1 aromatic heterocycles. The SMILES string of the molecule is O=c1[nH]c(-c2ccc(-c3ccccc3)cc2)nc(O)c1Br. The molecule has 2 aromatic carbocycles. The Labute approximate surface area is 129 Å². The van der Waals surface area contributed by atoms with Crippen molar-refractivity contribution in [3.8, 4) is 28.4 Å². The van der Waals surface area contributed by atoms with Gasteiger partial charge in [-0.25, -0.2) is 0 Å². The van der Waals surface area contributed by atoms with E-state index in [2.05, 4.69) is 25.9 Å². The summed E-state index contributed by atoms with van der Waals surface area (Å²) in [5, 5.41) is 9.60. The van der Waals surface area contributed by atoms with Crippen LogP contribution in [0.25, 0.3) is 22.5 Å². The van der Waals surface area contributed by atoms with Crippen LogP contribution in [0.5, 0.6) is 5.88 Å². The average molecular weight is 343 g/mol. The highest BCUT2D eigenvalue weighted by atomic mass is 79.9. The normalized spacial score (nSPS) is 10.5. The van der Waals surface area contributed by atoms with Crippen molar-refractivity contribution in [3.63, 3.8) is 0 Å². The van der Waals surface area contributed by atoms with Gasteiger partial charge in [0, 0.05) is 5.56 Å². The van der Waals surface area contributed by atoms with Crippen molar-refractivity contribution < 1.29 is 5.11 Å². The summed E-state index contributed by atoms with van der Waals surface area (Å²) in [6.07, 6.45) is 0. The van der Waals surface area contributed by atoms with E-state index in [9.17, 15) is 9.90 Å². The maximum atomic E-state index is 11.6. The molecular formula is C16H11BrN2O2. The Kier molecular flexibility index (Phi) is 3.58. The second kappa shape index (κ2) is 5.54. The van der Waals surface area contributed by atoms with E-state index in [4.69, 9.17) is 0 Å². The number of benzene rings is 2. The van der Waals surface area contributed by atoms with Gasteiger partial charge in [0.05, 0.1) is 0 Å². The molecule has 1 heterocycles. The lowest BCUT2D eigenvalue weighted by Crippen LogP contribution is -2.09. The Morgan fingerprint density at radius 3 is 2.10 bits per heavy atom. The third kappa shape index (κ3) is 2.73. The van der Waals surface area contributed by atoms with Gasteiger partial charge in [-0.1, -0.05) is 54.6 Å². The van der Waals surface area contributed by atoms with E-state index in [0.29, 0.717) is 5.82 Å². The maximum absolute atomic E-state index is 11.6. The number of hydrogen-bond acceptors (Lipinski definition) is 3. The number of aromatic nitrogens is 2. The van der Waals surface area contributed by atoms with E-state index in [1.165, 1.54) is 0 Å². The van der Waals surface area contributed by atoms with Gasteiger partial charge in [-0.3, -0.25) is 4.79 Å². The Morgan fingerprint density at radius 2 is 1.48 bits per heavy atom. The van der Waals surface area contributed by atoms with Gasteiger partial charge in [0.1, 0.15) is 10.3 Å². The van der Waals surface area contributed by atoms with E-state index in [0.717, 1.165) is 16.7 Å². The first kappa shape index (κ1) is 13.6. The number of rotatable bonds is 2. The van der Waals surface area contributed by atoms with Crippen molar-refractivity contribution in [2.45, 2.75) is 0 Å². The third-order valence-corrected chi connectivity index (χ3v) is 3.83. The minimum atomic E-state index is -0.412. The fraction of sp³-hybridized carbons (Fsp3) is 0. The molecule has 0 aliphatic rings. The molecule has 0 bridgehead atoms. The monoisotopic (exact) mass is 342 g/mol. The highest BCUT2D eigenvalue weighted by molar-refractivity contribution is 9.10. The number of halogens is 1. The second-order valence-electron chi connectivity index (χ2n) is 4.50. The van der Waals surface area contributed by atoms with Crippen molar-refractivity contribution in [2.24, 2.45) is 0 Å². The maximum Gasteiger partial charge on any atom is 0.269 e. The van der Waals surface area contributed by atoms with Gasteiger partial charge in [-0.2, -0.15) is 4.98 Å². The van der Waals surface area contributed by atoms with E-state index in [1.807, 2.05) is 54.6 Å². The molecule has 0 unspecified atom stereocenters. The number of aromatic hydroxyl groups is 1. The van der Waals surface area contributed by atoms with Gasteiger partial charge >= 0.3 is 0 Å². The Hall–Kier alpha value is -2.40. The first-order chi connectivity index (χ1) is 10.1.